The Morgan fingerprint density at radius 2 is 2.19 bits per heavy atom. The number of rotatable bonds is 2. The highest BCUT2D eigenvalue weighted by molar-refractivity contribution is 6.10. The molecule has 1 aliphatic rings. The molecule has 3 aromatic rings. The molecule has 0 unspecified atom stereocenters. The monoisotopic (exact) mass is 348 g/mol. The van der Waals surface area contributed by atoms with Gasteiger partial charge in [0.25, 0.3) is 5.91 Å². The maximum Gasteiger partial charge on any atom is 0.255 e. The van der Waals surface area contributed by atoms with Gasteiger partial charge in [-0.3, -0.25) is 9.78 Å². The predicted molar refractivity (Wildman–Crippen MR) is 101 cm³/mol. The zero-order chi connectivity index (χ0) is 18.3. The zero-order valence-corrected chi connectivity index (χ0v) is 14.7. The van der Waals surface area contributed by atoms with E-state index in [1.165, 1.54) is 0 Å². The Labute approximate surface area is 151 Å². The van der Waals surface area contributed by atoms with Crippen molar-refractivity contribution in [2.24, 2.45) is 5.16 Å². The first-order valence-electron chi connectivity index (χ1n) is 8.58. The first-order valence-corrected chi connectivity index (χ1v) is 8.58. The third-order valence-electron chi connectivity index (χ3n) is 5.05. The van der Waals surface area contributed by atoms with Crippen molar-refractivity contribution in [3.8, 4) is 0 Å². The number of fused-ring (bicyclic) bond motifs is 3. The number of amides is 1. The fourth-order valence-corrected chi connectivity index (χ4v) is 3.67. The minimum atomic E-state index is -0.181. The van der Waals surface area contributed by atoms with Crippen LogP contribution in [0, 0.1) is 0 Å². The number of benzene rings is 1. The molecule has 6 nitrogen and oxygen atoms in total. The number of hydrogen-bond donors (Lipinski definition) is 3. The van der Waals surface area contributed by atoms with E-state index in [2.05, 4.69) is 34.3 Å². The topological polar surface area (TPSA) is 90.4 Å². The summed E-state index contributed by atoms with van der Waals surface area (Å²) in [6, 6.07) is 9.17. The van der Waals surface area contributed by atoms with Crippen LogP contribution in [0.3, 0.4) is 0 Å². The van der Waals surface area contributed by atoms with Crippen molar-refractivity contribution in [3.63, 3.8) is 0 Å². The van der Waals surface area contributed by atoms with Crippen LogP contribution in [0.4, 0.5) is 5.69 Å². The van der Waals surface area contributed by atoms with E-state index in [1.54, 1.807) is 30.6 Å². The summed E-state index contributed by atoms with van der Waals surface area (Å²) in [6.45, 7) is 4.35. The predicted octanol–water partition coefficient (Wildman–Crippen LogP) is 4.06. The second-order valence-electron chi connectivity index (χ2n) is 7.26. The largest absolute Gasteiger partial charge is 0.411 e. The third kappa shape index (κ3) is 2.63. The summed E-state index contributed by atoms with van der Waals surface area (Å²) in [5.41, 5.74) is 4.73. The summed E-state index contributed by atoms with van der Waals surface area (Å²) in [6.07, 6.45) is 4.88. The smallest absolute Gasteiger partial charge is 0.255 e. The van der Waals surface area contributed by atoms with Gasteiger partial charge in [-0.2, -0.15) is 0 Å². The SMILES string of the molecule is CC1(C)CC/C(=N\O)c2[nH]c3ccc(C(=O)Nc4cccnc4)cc3c21. The lowest BCUT2D eigenvalue weighted by atomic mass is 9.73. The van der Waals surface area contributed by atoms with Gasteiger partial charge in [-0.1, -0.05) is 19.0 Å². The minimum absolute atomic E-state index is 0.0692. The van der Waals surface area contributed by atoms with Crippen LogP contribution in [-0.4, -0.2) is 26.8 Å². The molecule has 3 N–H and O–H groups in total. The Hall–Kier alpha value is -3.15. The van der Waals surface area contributed by atoms with Crippen LogP contribution in [0.1, 0.15) is 48.3 Å². The van der Waals surface area contributed by atoms with Crippen molar-refractivity contribution in [1.29, 1.82) is 0 Å². The summed E-state index contributed by atoms with van der Waals surface area (Å²) < 4.78 is 0. The van der Waals surface area contributed by atoms with Crippen LogP contribution in [0.15, 0.2) is 47.9 Å². The summed E-state index contributed by atoms with van der Waals surface area (Å²) in [5.74, 6) is -0.181. The van der Waals surface area contributed by atoms with E-state index < -0.39 is 0 Å². The first-order chi connectivity index (χ1) is 12.5. The lowest BCUT2D eigenvalue weighted by Gasteiger charge is -2.30. The molecule has 0 saturated heterocycles. The number of anilines is 1. The molecule has 0 bridgehead atoms. The Balaban J connectivity index is 1.79. The molecule has 2 heterocycles. The highest BCUT2D eigenvalue weighted by Crippen LogP contribution is 2.41. The molecule has 4 rings (SSSR count). The standard InChI is InChI=1S/C20H20N4O2/c1-20(2)8-7-16(24-26)18-17(20)14-10-12(5-6-15(14)23-18)19(25)22-13-4-3-9-21-11-13/h3-6,9-11,23,26H,7-8H2,1-2H3,(H,22,25)/b24-16+. The number of pyridine rings is 1. The molecule has 0 radical (unpaired) electrons. The Bertz CT molecular complexity index is 1020. The second kappa shape index (κ2) is 5.98. The van der Waals surface area contributed by atoms with E-state index in [-0.39, 0.29) is 11.3 Å². The maximum absolute atomic E-state index is 12.6. The van der Waals surface area contributed by atoms with Crippen molar-refractivity contribution < 1.29 is 10.0 Å². The van der Waals surface area contributed by atoms with Gasteiger partial charge in [0.15, 0.2) is 0 Å². The quantitative estimate of drug-likeness (QED) is 0.482. The normalized spacial score (nSPS) is 17.2. The van der Waals surface area contributed by atoms with Crippen LogP contribution in [0.25, 0.3) is 10.9 Å². The molecule has 0 spiro atoms. The Morgan fingerprint density at radius 1 is 1.35 bits per heavy atom. The van der Waals surface area contributed by atoms with E-state index in [0.29, 0.717) is 17.0 Å². The fourth-order valence-electron chi connectivity index (χ4n) is 3.67. The van der Waals surface area contributed by atoms with Crippen LogP contribution >= 0.6 is 0 Å². The van der Waals surface area contributed by atoms with Crippen molar-refractivity contribution in [3.05, 3.63) is 59.5 Å². The Morgan fingerprint density at radius 3 is 2.92 bits per heavy atom. The number of nitrogens with one attached hydrogen (secondary N) is 2. The first kappa shape index (κ1) is 16.3. The van der Waals surface area contributed by atoms with Gasteiger partial charge in [-0.15, -0.1) is 0 Å². The molecule has 2 aromatic heterocycles. The molecule has 6 heteroatoms. The van der Waals surface area contributed by atoms with E-state index in [0.717, 1.165) is 35.0 Å². The number of aromatic nitrogens is 2. The average Bonchev–Trinajstić information content (AvgIpc) is 3.02. The molecule has 26 heavy (non-hydrogen) atoms. The van der Waals surface area contributed by atoms with E-state index in [4.69, 9.17) is 0 Å². The van der Waals surface area contributed by atoms with Crippen molar-refractivity contribution >= 4 is 28.2 Å². The van der Waals surface area contributed by atoms with Gasteiger partial charge in [-0.25, -0.2) is 0 Å². The molecule has 1 amide bonds. The van der Waals surface area contributed by atoms with Crippen LogP contribution in [-0.2, 0) is 5.41 Å². The molecule has 1 aliphatic carbocycles. The van der Waals surface area contributed by atoms with Gasteiger partial charge < -0.3 is 15.5 Å². The Kier molecular flexibility index (Phi) is 3.76. The van der Waals surface area contributed by atoms with Gasteiger partial charge in [0.1, 0.15) is 5.71 Å². The van der Waals surface area contributed by atoms with Crippen LogP contribution < -0.4 is 5.32 Å². The van der Waals surface area contributed by atoms with Gasteiger partial charge in [0.05, 0.1) is 17.6 Å². The molecule has 0 atom stereocenters. The highest BCUT2D eigenvalue weighted by Gasteiger charge is 2.34. The summed E-state index contributed by atoms with van der Waals surface area (Å²) >= 11 is 0. The molecule has 0 saturated carbocycles. The molecular weight excluding hydrogens is 328 g/mol. The van der Waals surface area contributed by atoms with Crippen molar-refractivity contribution in [1.82, 2.24) is 9.97 Å². The van der Waals surface area contributed by atoms with E-state index in [1.807, 2.05) is 12.1 Å². The number of H-pyrrole nitrogens is 1. The van der Waals surface area contributed by atoms with Crippen molar-refractivity contribution in [2.45, 2.75) is 32.1 Å². The number of aromatic amines is 1. The summed E-state index contributed by atoms with van der Waals surface area (Å²) in [4.78, 5) is 20.0. The van der Waals surface area contributed by atoms with Gasteiger partial charge >= 0.3 is 0 Å². The van der Waals surface area contributed by atoms with Crippen molar-refractivity contribution in [2.75, 3.05) is 5.32 Å². The lowest BCUT2D eigenvalue weighted by Crippen LogP contribution is -2.27. The average molecular weight is 348 g/mol. The summed E-state index contributed by atoms with van der Waals surface area (Å²) in [7, 11) is 0. The highest BCUT2D eigenvalue weighted by atomic mass is 16.4. The molecule has 1 aromatic carbocycles. The molecule has 0 fully saturated rings. The second-order valence-corrected chi connectivity index (χ2v) is 7.26. The number of oxime groups is 1. The lowest BCUT2D eigenvalue weighted by molar-refractivity contribution is 0.102. The third-order valence-corrected chi connectivity index (χ3v) is 5.05. The fraction of sp³-hybridized carbons (Fsp3) is 0.250. The minimum Gasteiger partial charge on any atom is -0.411 e. The van der Waals surface area contributed by atoms with Gasteiger partial charge in [0, 0.05) is 22.7 Å². The van der Waals surface area contributed by atoms with Gasteiger partial charge in [0.2, 0.25) is 0 Å². The van der Waals surface area contributed by atoms with E-state index in [9.17, 15) is 10.0 Å². The molecule has 0 aliphatic heterocycles. The zero-order valence-electron chi connectivity index (χ0n) is 14.7. The number of hydrogen-bond acceptors (Lipinski definition) is 4. The number of carbonyl (C=O) groups excluding carboxylic acids is 1. The maximum atomic E-state index is 12.6. The van der Waals surface area contributed by atoms with Gasteiger partial charge in [-0.05, 0) is 54.2 Å². The molecule has 132 valence electrons. The number of carbonyl (C=O) groups is 1. The van der Waals surface area contributed by atoms with E-state index >= 15 is 0 Å². The summed E-state index contributed by atoms with van der Waals surface area (Å²) in [5, 5.41) is 16.7. The number of nitrogens with zero attached hydrogens (tertiary/aromatic N) is 2. The van der Waals surface area contributed by atoms with Crippen LogP contribution in [0.2, 0.25) is 0 Å². The molecular formula is C20H20N4O2. The van der Waals surface area contributed by atoms with Crippen LogP contribution in [0.5, 0.6) is 0 Å².